The molecule has 6 heteroatoms. The number of likely N-dealkylation sites (N-methyl/N-ethyl adjacent to an activating group) is 1. The molecule has 0 unspecified atom stereocenters. The Hall–Kier alpha value is -1.75. The molecule has 4 rings (SSSR count). The number of hydrogen-bond acceptors (Lipinski definition) is 3. The van der Waals surface area contributed by atoms with Gasteiger partial charge in [0.1, 0.15) is 5.75 Å². The van der Waals surface area contributed by atoms with Crippen LogP contribution in [0.2, 0.25) is 10.0 Å². The Labute approximate surface area is 195 Å². The van der Waals surface area contributed by atoms with E-state index in [0.717, 1.165) is 37.2 Å². The first kappa shape index (κ1) is 22.4. The van der Waals surface area contributed by atoms with Gasteiger partial charge in [-0.15, -0.1) is 0 Å². The number of carbonyl (C=O) groups excluding carboxylic acids is 1. The molecule has 2 atom stereocenters. The number of likely N-dealkylation sites (tertiary alicyclic amines) is 1. The Morgan fingerprint density at radius 1 is 1.16 bits per heavy atom. The maximum Gasteiger partial charge on any atom is 0.227 e. The van der Waals surface area contributed by atoms with Gasteiger partial charge in [0, 0.05) is 12.6 Å². The zero-order valence-electron chi connectivity index (χ0n) is 18.2. The van der Waals surface area contributed by atoms with E-state index >= 15 is 0 Å². The summed E-state index contributed by atoms with van der Waals surface area (Å²) in [5.41, 5.74) is 3.36. The summed E-state index contributed by atoms with van der Waals surface area (Å²) in [6, 6.07) is 12.1. The lowest BCUT2D eigenvalue weighted by Crippen LogP contribution is -2.50. The molecule has 1 saturated heterocycles. The molecule has 1 heterocycles. The van der Waals surface area contributed by atoms with Gasteiger partial charge in [0.15, 0.2) is 0 Å². The summed E-state index contributed by atoms with van der Waals surface area (Å²) in [5, 5.41) is 0.991. The van der Waals surface area contributed by atoms with Crippen LogP contribution in [0, 0.1) is 0 Å². The summed E-state index contributed by atoms with van der Waals surface area (Å²) in [7, 11) is 1.73. The lowest BCUT2D eigenvalue weighted by molar-refractivity contribution is -0.134. The van der Waals surface area contributed by atoms with Gasteiger partial charge in [-0.05, 0) is 80.6 Å². The van der Waals surface area contributed by atoms with Crippen LogP contribution in [0.1, 0.15) is 48.9 Å². The van der Waals surface area contributed by atoms with E-state index in [1.807, 2.05) is 18.2 Å². The van der Waals surface area contributed by atoms with Crippen molar-refractivity contribution in [2.24, 2.45) is 0 Å². The minimum absolute atomic E-state index is 0.0252. The van der Waals surface area contributed by atoms with Crippen LogP contribution in [0.25, 0.3) is 0 Å². The molecule has 0 aromatic heterocycles. The Morgan fingerprint density at radius 3 is 2.61 bits per heavy atom. The van der Waals surface area contributed by atoms with Crippen LogP contribution in [0.15, 0.2) is 36.4 Å². The molecule has 0 saturated carbocycles. The average Bonchev–Trinajstić information content (AvgIpc) is 3.31. The van der Waals surface area contributed by atoms with Crippen LogP contribution in [-0.4, -0.2) is 48.5 Å². The zero-order valence-corrected chi connectivity index (χ0v) is 19.8. The molecule has 0 bridgehead atoms. The minimum atomic E-state index is 0.0252. The first-order valence-corrected chi connectivity index (χ1v) is 11.9. The van der Waals surface area contributed by atoms with Crippen LogP contribution < -0.4 is 4.74 Å². The summed E-state index contributed by atoms with van der Waals surface area (Å²) in [4.78, 5) is 18.2. The van der Waals surface area contributed by atoms with E-state index in [1.54, 1.807) is 19.2 Å². The number of halogens is 2. The van der Waals surface area contributed by atoms with E-state index in [2.05, 4.69) is 22.8 Å². The van der Waals surface area contributed by atoms with Crippen LogP contribution >= 0.6 is 23.2 Å². The number of fused-ring (bicyclic) bond motifs is 1. The van der Waals surface area contributed by atoms with Crippen molar-refractivity contribution in [3.63, 3.8) is 0 Å². The first-order chi connectivity index (χ1) is 15.0. The molecular formula is C25H30Cl2N2O2. The van der Waals surface area contributed by atoms with E-state index in [-0.39, 0.29) is 11.9 Å². The summed E-state index contributed by atoms with van der Waals surface area (Å²) in [6.45, 7) is 4.95. The normalized spacial score (nSPS) is 21.0. The number of methoxy groups -OCH3 is 1. The second kappa shape index (κ2) is 9.81. The molecule has 2 aliphatic rings. The molecule has 1 amide bonds. The smallest absolute Gasteiger partial charge is 0.227 e. The predicted octanol–water partition coefficient (Wildman–Crippen LogP) is 5.54. The summed E-state index contributed by atoms with van der Waals surface area (Å²) in [6.07, 6.45) is 4.80. The maximum atomic E-state index is 13.6. The number of hydrogen-bond donors (Lipinski definition) is 0. The Morgan fingerprint density at radius 2 is 1.94 bits per heavy atom. The molecule has 0 N–H and O–H groups in total. The molecule has 2 aromatic rings. The molecule has 31 heavy (non-hydrogen) atoms. The van der Waals surface area contributed by atoms with E-state index in [9.17, 15) is 4.79 Å². The molecule has 1 aliphatic heterocycles. The minimum Gasteiger partial charge on any atom is -0.496 e. The van der Waals surface area contributed by atoms with Crippen molar-refractivity contribution in [3.8, 4) is 5.75 Å². The molecule has 4 nitrogen and oxygen atoms in total. The Balaban J connectivity index is 1.69. The molecule has 0 radical (unpaired) electrons. The van der Waals surface area contributed by atoms with Crippen molar-refractivity contribution in [2.75, 3.05) is 26.7 Å². The van der Waals surface area contributed by atoms with Crippen molar-refractivity contribution in [2.45, 2.75) is 51.1 Å². The molecule has 2 aromatic carbocycles. The topological polar surface area (TPSA) is 32.8 Å². The van der Waals surface area contributed by atoms with E-state index in [1.165, 1.54) is 24.0 Å². The van der Waals surface area contributed by atoms with E-state index in [4.69, 9.17) is 27.9 Å². The third kappa shape index (κ3) is 4.57. The van der Waals surface area contributed by atoms with Crippen LogP contribution in [0.3, 0.4) is 0 Å². The van der Waals surface area contributed by atoms with Gasteiger partial charge in [-0.2, -0.15) is 0 Å². The van der Waals surface area contributed by atoms with Gasteiger partial charge >= 0.3 is 0 Å². The van der Waals surface area contributed by atoms with Crippen LogP contribution in [0.5, 0.6) is 5.75 Å². The number of benzene rings is 2. The zero-order chi connectivity index (χ0) is 22.0. The maximum absolute atomic E-state index is 13.6. The highest BCUT2D eigenvalue weighted by atomic mass is 35.5. The number of rotatable bonds is 6. The largest absolute Gasteiger partial charge is 0.496 e. The highest BCUT2D eigenvalue weighted by molar-refractivity contribution is 6.42. The monoisotopic (exact) mass is 460 g/mol. The van der Waals surface area contributed by atoms with Crippen molar-refractivity contribution >= 4 is 29.1 Å². The van der Waals surface area contributed by atoms with Gasteiger partial charge in [0.25, 0.3) is 0 Å². The van der Waals surface area contributed by atoms with Gasteiger partial charge < -0.3 is 9.64 Å². The summed E-state index contributed by atoms with van der Waals surface area (Å²) in [5.74, 6) is 1.04. The van der Waals surface area contributed by atoms with Gasteiger partial charge in [-0.3, -0.25) is 9.69 Å². The number of amides is 1. The van der Waals surface area contributed by atoms with Gasteiger partial charge in [0.2, 0.25) is 5.91 Å². The van der Waals surface area contributed by atoms with E-state index < -0.39 is 0 Å². The molecule has 166 valence electrons. The second-order valence-electron chi connectivity index (χ2n) is 8.43. The molecule has 1 aliphatic carbocycles. The molecular weight excluding hydrogens is 431 g/mol. The first-order valence-electron chi connectivity index (χ1n) is 11.2. The quantitative estimate of drug-likeness (QED) is 0.566. The SMILES string of the molecule is CCN(C(=O)Cc1ccc(Cl)c(Cl)c1)[C@H]1c2cccc(OC)c2CC[C@@H]1N1CCCC1. The third-order valence-corrected chi connectivity index (χ3v) is 7.45. The highest BCUT2D eigenvalue weighted by Gasteiger charge is 2.40. The van der Waals surface area contributed by atoms with Gasteiger partial charge in [-0.1, -0.05) is 41.4 Å². The fourth-order valence-corrected chi connectivity index (χ4v) is 5.58. The van der Waals surface area contributed by atoms with Crippen molar-refractivity contribution in [1.82, 2.24) is 9.80 Å². The number of nitrogens with zero attached hydrogens (tertiary/aromatic N) is 2. The van der Waals surface area contributed by atoms with Crippen molar-refractivity contribution < 1.29 is 9.53 Å². The van der Waals surface area contributed by atoms with Crippen LogP contribution in [-0.2, 0) is 17.6 Å². The summed E-state index contributed by atoms with van der Waals surface area (Å²) >= 11 is 12.3. The van der Waals surface area contributed by atoms with Gasteiger partial charge in [0.05, 0.1) is 29.6 Å². The second-order valence-corrected chi connectivity index (χ2v) is 9.24. The third-order valence-electron chi connectivity index (χ3n) is 6.71. The Kier molecular flexibility index (Phi) is 7.10. The lowest BCUT2D eigenvalue weighted by atomic mass is 9.81. The molecule has 1 fully saturated rings. The summed E-state index contributed by atoms with van der Waals surface area (Å²) < 4.78 is 5.67. The standard InChI is InChI=1S/C25H30Cl2N2O2/c1-3-29(24(30)16-17-9-11-20(26)21(27)15-17)25-19-7-6-8-23(31-2)18(19)10-12-22(25)28-13-4-5-14-28/h6-9,11,15,22,25H,3-5,10,12-14,16H2,1-2H3/t22-,25-/m0/s1. The van der Waals surface area contributed by atoms with Crippen molar-refractivity contribution in [3.05, 3.63) is 63.1 Å². The van der Waals surface area contributed by atoms with E-state index in [0.29, 0.717) is 29.1 Å². The lowest BCUT2D eigenvalue weighted by Gasteiger charge is -2.45. The van der Waals surface area contributed by atoms with Crippen LogP contribution in [0.4, 0.5) is 0 Å². The molecule has 0 spiro atoms. The predicted molar refractivity (Wildman–Crippen MR) is 126 cm³/mol. The van der Waals surface area contributed by atoms with Crippen molar-refractivity contribution in [1.29, 1.82) is 0 Å². The highest BCUT2D eigenvalue weighted by Crippen LogP contribution is 2.42. The number of ether oxygens (including phenoxy) is 1. The number of carbonyl (C=O) groups is 1. The fraction of sp³-hybridized carbons (Fsp3) is 0.480. The van der Waals surface area contributed by atoms with Gasteiger partial charge in [-0.25, -0.2) is 0 Å². The fourth-order valence-electron chi connectivity index (χ4n) is 5.26. The Bertz CT molecular complexity index is 943. The average molecular weight is 461 g/mol.